The third kappa shape index (κ3) is 3.21. The van der Waals surface area contributed by atoms with Crippen LogP contribution in [0.1, 0.15) is 27.6 Å². The number of nitrogens with zero attached hydrogens (tertiary/aromatic N) is 1. The standard InChI is InChI=1S/C23H18N2O3S/c1-14-20(29-23(25-14)19-11-6-12-27-19)13-24-22(26)21-15-7-2-4-9-17(15)28-18-10-5-3-8-16(18)21/h2-12,21H,13H2,1H3,(H,24,26). The third-order valence-electron chi connectivity index (χ3n) is 4.99. The number of nitrogens with one attached hydrogen (secondary N) is 1. The lowest BCUT2D eigenvalue weighted by atomic mass is 9.87. The Morgan fingerprint density at radius 3 is 2.38 bits per heavy atom. The quantitative estimate of drug-likeness (QED) is 0.505. The summed E-state index contributed by atoms with van der Waals surface area (Å²) in [5, 5.41) is 3.91. The summed E-state index contributed by atoms with van der Waals surface area (Å²) in [5.74, 6) is 1.72. The fourth-order valence-electron chi connectivity index (χ4n) is 3.56. The molecule has 1 N–H and O–H groups in total. The van der Waals surface area contributed by atoms with Crippen molar-refractivity contribution in [2.45, 2.75) is 19.4 Å². The molecule has 0 saturated carbocycles. The Kier molecular flexibility index (Phi) is 4.41. The Balaban J connectivity index is 1.41. The van der Waals surface area contributed by atoms with Crippen LogP contribution in [-0.4, -0.2) is 10.9 Å². The van der Waals surface area contributed by atoms with Gasteiger partial charge in [-0.1, -0.05) is 36.4 Å². The van der Waals surface area contributed by atoms with Crippen LogP contribution < -0.4 is 10.1 Å². The largest absolute Gasteiger partial charge is 0.462 e. The highest BCUT2D eigenvalue weighted by molar-refractivity contribution is 7.15. The van der Waals surface area contributed by atoms with Crippen LogP contribution in [0.3, 0.4) is 0 Å². The maximum atomic E-state index is 13.2. The summed E-state index contributed by atoms with van der Waals surface area (Å²) in [6.45, 7) is 2.37. The molecule has 1 aliphatic rings. The molecule has 144 valence electrons. The molecule has 0 fully saturated rings. The number of benzene rings is 2. The van der Waals surface area contributed by atoms with E-state index >= 15 is 0 Å². The predicted molar refractivity (Wildman–Crippen MR) is 111 cm³/mol. The molecule has 0 bridgehead atoms. The van der Waals surface area contributed by atoms with Gasteiger partial charge in [-0.2, -0.15) is 0 Å². The molecule has 2 aromatic carbocycles. The molecular weight excluding hydrogens is 384 g/mol. The maximum Gasteiger partial charge on any atom is 0.232 e. The number of carbonyl (C=O) groups excluding carboxylic acids is 1. The highest BCUT2D eigenvalue weighted by atomic mass is 32.1. The second-order valence-electron chi connectivity index (χ2n) is 6.83. The smallest absolute Gasteiger partial charge is 0.232 e. The summed E-state index contributed by atoms with van der Waals surface area (Å²) in [6.07, 6.45) is 1.63. The highest BCUT2D eigenvalue weighted by Crippen LogP contribution is 2.44. The van der Waals surface area contributed by atoms with E-state index in [2.05, 4.69) is 10.3 Å². The molecule has 6 heteroatoms. The van der Waals surface area contributed by atoms with Gasteiger partial charge in [0.25, 0.3) is 0 Å². The van der Waals surface area contributed by atoms with Crippen molar-refractivity contribution in [1.82, 2.24) is 10.3 Å². The Morgan fingerprint density at radius 1 is 1.03 bits per heavy atom. The topological polar surface area (TPSA) is 64.4 Å². The summed E-state index contributed by atoms with van der Waals surface area (Å²) < 4.78 is 11.4. The minimum Gasteiger partial charge on any atom is -0.462 e. The van der Waals surface area contributed by atoms with Crippen LogP contribution in [0.5, 0.6) is 11.5 Å². The van der Waals surface area contributed by atoms with E-state index in [9.17, 15) is 4.79 Å². The molecule has 1 amide bonds. The Morgan fingerprint density at radius 2 is 1.72 bits per heavy atom. The van der Waals surface area contributed by atoms with E-state index in [0.29, 0.717) is 6.54 Å². The number of aromatic nitrogens is 1. The minimum atomic E-state index is -0.408. The predicted octanol–water partition coefficient (Wildman–Crippen LogP) is 5.27. The average Bonchev–Trinajstić information content (AvgIpc) is 3.40. The zero-order valence-corrected chi connectivity index (χ0v) is 16.5. The first-order valence-electron chi connectivity index (χ1n) is 9.34. The summed E-state index contributed by atoms with van der Waals surface area (Å²) in [6, 6.07) is 19.1. The Labute approximate surface area is 172 Å². The zero-order valence-electron chi connectivity index (χ0n) is 15.7. The van der Waals surface area contributed by atoms with Crippen LogP contribution in [0, 0.1) is 6.92 Å². The monoisotopic (exact) mass is 402 g/mol. The fourth-order valence-corrected chi connectivity index (χ4v) is 4.53. The van der Waals surface area contributed by atoms with Gasteiger partial charge in [-0.05, 0) is 31.2 Å². The molecular formula is C23H18N2O3S. The van der Waals surface area contributed by atoms with Crippen LogP contribution >= 0.6 is 11.3 Å². The van der Waals surface area contributed by atoms with Crippen LogP contribution in [0.25, 0.3) is 10.8 Å². The number of aryl methyl sites for hydroxylation is 1. The molecule has 0 saturated heterocycles. The second kappa shape index (κ2) is 7.22. The van der Waals surface area contributed by atoms with Gasteiger partial charge >= 0.3 is 0 Å². The summed E-state index contributed by atoms with van der Waals surface area (Å²) in [7, 11) is 0. The Bertz CT molecular complexity index is 1140. The van der Waals surface area contributed by atoms with Crippen molar-refractivity contribution in [2.75, 3.05) is 0 Å². The number of amides is 1. The van der Waals surface area contributed by atoms with Crippen LogP contribution in [0.2, 0.25) is 0 Å². The van der Waals surface area contributed by atoms with Crippen molar-refractivity contribution in [2.24, 2.45) is 0 Å². The third-order valence-corrected chi connectivity index (χ3v) is 6.16. The normalized spacial score (nSPS) is 12.7. The first-order chi connectivity index (χ1) is 14.2. The first-order valence-corrected chi connectivity index (χ1v) is 10.2. The maximum absolute atomic E-state index is 13.2. The van der Waals surface area contributed by atoms with Gasteiger partial charge in [0, 0.05) is 16.0 Å². The van der Waals surface area contributed by atoms with Gasteiger partial charge < -0.3 is 14.5 Å². The van der Waals surface area contributed by atoms with Gasteiger partial charge in [0.05, 0.1) is 24.4 Å². The lowest BCUT2D eigenvalue weighted by Crippen LogP contribution is -2.31. The molecule has 3 heterocycles. The van der Waals surface area contributed by atoms with Crippen LogP contribution in [0.4, 0.5) is 0 Å². The average molecular weight is 402 g/mol. The van der Waals surface area contributed by atoms with Gasteiger partial charge in [-0.15, -0.1) is 11.3 Å². The highest BCUT2D eigenvalue weighted by Gasteiger charge is 2.32. The van der Waals surface area contributed by atoms with Gasteiger partial charge in [0.15, 0.2) is 10.8 Å². The van der Waals surface area contributed by atoms with Gasteiger partial charge in [-0.3, -0.25) is 4.79 Å². The van der Waals surface area contributed by atoms with Crippen LogP contribution in [-0.2, 0) is 11.3 Å². The van der Waals surface area contributed by atoms with E-state index in [1.54, 1.807) is 6.26 Å². The lowest BCUT2D eigenvalue weighted by molar-refractivity contribution is -0.122. The summed E-state index contributed by atoms with van der Waals surface area (Å²) in [5.41, 5.74) is 2.65. The minimum absolute atomic E-state index is 0.0550. The molecule has 5 rings (SSSR count). The lowest BCUT2D eigenvalue weighted by Gasteiger charge is -2.27. The van der Waals surface area contributed by atoms with Gasteiger partial charge in [0.2, 0.25) is 5.91 Å². The van der Waals surface area contributed by atoms with E-state index in [1.807, 2.05) is 67.6 Å². The van der Waals surface area contributed by atoms with Crippen molar-refractivity contribution in [3.05, 3.63) is 88.6 Å². The first kappa shape index (κ1) is 17.7. The molecule has 0 atom stereocenters. The number of furan rings is 1. The molecule has 5 nitrogen and oxygen atoms in total. The number of hydrogen-bond acceptors (Lipinski definition) is 5. The van der Waals surface area contributed by atoms with Gasteiger partial charge in [-0.25, -0.2) is 4.98 Å². The van der Waals surface area contributed by atoms with E-state index in [4.69, 9.17) is 9.15 Å². The number of rotatable bonds is 4. The van der Waals surface area contributed by atoms with E-state index in [1.165, 1.54) is 11.3 Å². The zero-order chi connectivity index (χ0) is 19.8. The molecule has 1 aliphatic heterocycles. The van der Waals surface area contributed by atoms with Crippen molar-refractivity contribution >= 4 is 17.2 Å². The molecule has 29 heavy (non-hydrogen) atoms. The SMILES string of the molecule is Cc1nc(-c2ccco2)sc1CNC(=O)C1c2ccccc2Oc2ccccc21. The fraction of sp³-hybridized carbons (Fsp3) is 0.130. The van der Waals surface area contributed by atoms with E-state index < -0.39 is 5.92 Å². The van der Waals surface area contributed by atoms with Crippen molar-refractivity contribution < 1.29 is 13.9 Å². The molecule has 0 aliphatic carbocycles. The van der Waals surface area contributed by atoms with Gasteiger partial charge in [0.1, 0.15) is 11.5 Å². The number of para-hydroxylation sites is 2. The van der Waals surface area contributed by atoms with E-state index in [0.717, 1.165) is 44.0 Å². The molecule has 0 radical (unpaired) electrons. The number of ether oxygens (including phenoxy) is 1. The summed E-state index contributed by atoms with van der Waals surface area (Å²) in [4.78, 5) is 18.8. The number of carbonyl (C=O) groups is 1. The molecule has 0 spiro atoms. The van der Waals surface area contributed by atoms with Crippen molar-refractivity contribution in [1.29, 1.82) is 0 Å². The van der Waals surface area contributed by atoms with Crippen molar-refractivity contribution in [3.63, 3.8) is 0 Å². The molecule has 0 unspecified atom stereocenters. The molecule has 4 aromatic rings. The number of fused-ring (bicyclic) bond motifs is 2. The number of hydrogen-bond donors (Lipinski definition) is 1. The second-order valence-corrected chi connectivity index (χ2v) is 7.92. The van der Waals surface area contributed by atoms with Crippen LogP contribution in [0.15, 0.2) is 71.3 Å². The molecule has 2 aromatic heterocycles. The van der Waals surface area contributed by atoms with Crippen molar-refractivity contribution in [3.8, 4) is 22.3 Å². The summed E-state index contributed by atoms with van der Waals surface area (Å²) >= 11 is 1.53. The van der Waals surface area contributed by atoms with E-state index in [-0.39, 0.29) is 5.91 Å². The number of thiazole rings is 1. The Hall–Kier alpha value is -3.38.